The van der Waals surface area contributed by atoms with Crippen molar-refractivity contribution in [3.63, 3.8) is 0 Å². The fourth-order valence-corrected chi connectivity index (χ4v) is 3.94. The molecule has 3 atom stereocenters. The lowest BCUT2D eigenvalue weighted by molar-refractivity contribution is -0.132. The molecule has 1 N–H and O–H groups in total. The first kappa shape index (κ1) is 18.9. The van der Waals surface area contributed by atoms with Crippen LogP contribution in [0, 0.1) is 18.8 Å². The van der Waals surface area contributed by atoms with E-state index in [-0.39, 0.29) is 11.8 Å². The normalized spacial score (nSPS) is 26.2. The molecule has 1 heterocycles. The van der Waals surface area contributed by atoms with Crippen molar-refractivity contribution >= 4 is 17.5 Å². The first-order valence-corrected chi connectivity index (χ1v) is 9.83. The van der Waals surface area contributed by atoms with Crippen LogP contribution in [0.4, 0.5) is 5.69 Å². The molecule has 1 saturated carbocycles. The number of rotatable bonds is 6. The third kappa shape index (κ3) is 4.44. The van der Waals surface area contributed by atoms with Gasteiger partial charge in [-0.2, -0.15) is 0 Å². The van der Waals surface area contributed by atoms with Gasteiger partial charge in [0.2, 0.25) is 11.8 Å². The Labute approximate surface area is 156 Å². The molecular weight excluding hydrogens is 328 g/mol. The van der Waals surface area contributed by atoms with Crippen molar-refractivity contribution < 1.29 is 14.3 Å². The summed E-state index contributed by atoms with van der Waals surface area (Å²) in [5.74, 6) is -0.262. The van der Waals surface area contributed by atoms with Gasteiger partial charge in [0.1, 0.15) is 5.92 Å². The number of nitrogens with one attached hydrogen (secondary N) is 1. The number of hydrogen-bond acceptors (Lipinski definition) is 3. The highest BCUT2D eigenvalue weighted by Gasteiger charge is 2.37. The molecule has 2 amide bonds. The Balaban J connectivity index is 1.43. The van der Waals surface area contributed by atoms with Crippen LogP contribution in [0.15, 0.2) is 24.3 Å². The van der Waals surface area contributed by atoms with Gasteiger partial charge in [-0.3, -0.25) is 9.59 Å². The summed E-state index contributed by atoms with van der Waals surface area (Å²) in [5, 5.41) is 2.88. The highest BCUT2D eigenvalue weighted by Crippen LogP contribution is 2.27. The lowest BCUT2D eigenvalue weighted by Gasteiger charge is -2.28. The van der Waals surface area contributed by atoms with E-state index in [2.05, 4.69) is 12.2 Å². The summed E-state index contributed by atoms with van der Waals surface area (Å²) >= 11 is 0. The number of anilines is 1. The van der Waals surface area contributed by atoms with Gasteiger partial charge < -0.3 is 15.0 Å². The molecule has 1 aromatic rings. The van der Waals surface area contributed by atoms with Gasteiger partial charge in [-0.25, -0.2) is 0 Å². The highest BCUT2D eigenvalue weighted by atomic mass is 16.5. The second kappa shape index (κ2) is 8.67. The minimum absolute atomic E-state index is 0.104. The Morgan fingerprint density at radius 3 is 2.65 bits per heavy atom. The molecule has 0 radical (unpaired) electrons. The molecule has 26 heavy (non-hydrogen) atoms. The monoisotopic (exact) mass is 358 g/mol. The van der Waals surface area contributed by atoms with Crippen LogP contribution in [0.25, 0.3) is 0 Å². The van der Waals surface area contributed by atoms with Gasteiger partial charge in [-0.1, -0.05) is 37.5 Å². The zero-order valence-corrected chi connectivity index (χ0v) is 15.9. The molecule has 1 aromatic carbocycles. The molecule has 2 aliphatic rings. The Bertz CT molecular complexity index is 629. The van der Waals surface area contributed by atoms with Gasteiger partial charge in [-0.15, -0.1) is 0 Å². The van der Waals surface area contributed by atoms with E-state index in [1.807, 2.05) is 31.2 Å². The van der Waals surface area contributed by atoms with Crippen LogP contribution in [0.3, 0.4) is 0 Å². The smallest absolute Gasteiger partial charge is 0.239 e. The average molecular weight is 358 g/mol. The summed E-state index contributed by atoms with van der Waals surface area (Å²) in [6.45, 7) is 5.83. The zero-order chi connectivity index (χ0) is 18.5. The molecule has 1 aliphatic heterocycles. The van der Waals surface area contributed by atoms with Crippen LogP contribution in [-0.2, 0) is 14.3 Å². The number of nitrogens with zero attached hydrogens (tertiary/aromatic N) is 1. The van der Waals surface area contributed by atoms with Crippen molar-refractivity contribution in [3.8, 4) is 0 Å². The summed E-state index contributed by atoms with van der Waals surface area (Å²) < 4.78 is 5.93. The van der Waals surface area contributed by atoms with Gasteiger partial charge in [0, 0.05) is 18.8 Å². The van der Waals surface area contributed by atoms with Crippen LogP contribution in [0.2, 0.25) is 0 Å². The largest absolute Gasteiger partial charge is 0.376 e. The fraction of sp³-hybridized carbons (Fsp3) is 0.619. The van der Waals surface area contributed by atoms with E-state index in [9.17, 15) is 9.59 Å². The van der Waals surface area contributed by atoms with Crippen molar-refractivity contribution in [2.45, 2.75) is 52.1 Å². The second-order valence-corrected chi connectivity index (χ2v) is 7.63. The van der Waals surface area contributed by atoms with Crippen LogP contribution in [0.1, 0.15) is 44.6 Å². The van der Waals surface area contributed by atoms with E-state index in [0.717, 1.165) is 17.7 Å². The third-order valence-electron chi connectivity index (χ3n) is 5.63. The quantitative estimate of drug-likeness (QED) is 0.628. The summed E-state index contributed by atoms with van der Waals surface area (Å²) in [6, 6.07) is 7.85. The molecule has 0 unspecified atom stereocenters. The molecule has 5 nitrogen and oxygen atoms in total. The fourth-order valence-electron chi connectivity index (χ4n) is 3.94. The molecule has 0 spiro atoms. The zero-order valence-electron chi connectivity index (χ0n) is 15.9. The topological polar surface area (TPSA) is 58.6 Å². The van der Waals surface area contributed by atoms with E-state index in [1.165, 1.54) is 19.3 Å². The number of carbonyl (C=O) groups is 2. The number of benzene rings is 1. The SMILES string of the molecule is Cc1ccc(N2CC[C@H](C(=O)NCCO[C@@H]3CCCC[C@@H]3C)C2=O)cc1. The van der Waals surface area contributed by atoms with Crippen LogP contribution in [-0.4, -0.2) is 37.6 Å². The maximum atomic E-state index is 12.6. The molecule has 1 aliphatic carbocycles. The summed E-state index contributed by atoms with van der Waals surface area (Å²) in [7, 11) is 0. The predicted molar refractivity (Wildman–Crippen MR) is 102 cm³/mol. The molecule has 142 valence electrons. The second-order valence-electron chi connectivity index (χ2n) is 7.63. The number of ether oxygens (including phenoxy) is 1. The first-order chi connectivity index (χ1) is 12.6. The van der Waals surface area contributed by atoms with Gasteiger partial charge in [0.25, 0.3) is 0 Å². The average Bonchev–Trinajstić information content (AvgIpc) is 3.02. The lowest BCUT2D eigenvalue weighted by atomic mass is 9.88. The van der Waals surface area contributed by atoms with Gasteiger partial charge in [0.05, 0.1) is 12.7 Å². The Kier molecular flexibility index (Phi) is 6.30. The lowest BCUT2D eigenvalue weighted by Crippen LogP contribution is -2.39. The number of carbonyl (C=O) groups excluding carboxylic acids is 2. The number of hydrogen-bond donors (Lipinski definition) is 1. The first-order valence-electron chi connectivity index (χ1n) is 9.83. The maximum Gasteiger partial charge on any atom is 0.239 e. The standard InChI is InChI=1S/C21H30N2O3/c1-15-7-9-17(10-8-15)23-13-11-18(21(23)25)20(24)22-12-14-26-19-6-4-3-5-16(19)2/h7-10,16,18-19H,3-6,11-14H2,1-2H3,(H,22,24)/t16-,18+,19+/m0/s1. The van der Waals surface area contributed by atoms with Crippen LogP contribution < -0.4 is 10.2 Å². The van der Waals surface area contributed by atoms with E-state index >= 15 is 0 Å². The van der Waals surface area contributed by atoms with Crippen molar-refractivity contribution in [2.24, 2.45) is 11.8 Å². The van der Waals surface area contributed by atoms with Gasteiger partial charge >= 0.3 is 0 Å². The van der Waals surface area contributed by atoms with Crippen LogP contribution >= 0.6 is 0 Å². The minimum atomic E-state index is -0.579. The molecule has 0 aromatic heterocycles. The summed E-state index contributed by atoms with van der Waals surface area (Å²) in [4.78, 5) is 26.7. The number of aryl methyl sites for hydroxylation is 1. The number of amides is 2. The maximum absolute atomic E-state index is 12.6. The summed E-state index contributed by atoms with van der Waals surface area (Å²) in [5.41, 5.74) is 2.02. The van der Waals surface area contributed by atoms with Gasteiger partial charge in [-0.05, 0) is 44.2 Å². The molecule has 1 saturated heterocycles. The van der Waals surface area contributed by atoms with E-state index in [1.54, 1.807) is 4.90 Å². The Hall–Kier alpha value is -1.88. The Morgan fingerprint density at radius 1 is 1.19 bits per heavy atom. The molecule has 3 rings (SSSR count). The van der Waals surface area contributed by atoms with Crippen LogP contribution in [0.5, 0.6) is 0 Å². The van der Waals surface area contributed by atoms with Gasteiger partial charge in [0.15, 0.2) is 0 Å². The summed E-state index contributed by atoms with van der Waals surface area (Å²) in [6.07, 6.45) is 5.74. The molecule has 5 heteroatoms. The van der Waals surface area contributed by atoms with E-state index in [0.29, 0.717) is 38.1 Å². The highest BCUT2D eigenvalue weighted by molar-refractivity contribution is 6.09. The third-order valence-corrected chi connectivity index (χ3v) is 5.63. The van der Waals surface area contributed by atoms with Crippen molar-refractivity contribution in [2.75, 3.05) is 24.6 Å². The van der Waals surface area contributed by atoms with E-state index < -0.39 is 5.92 Å². The predicted octanol–water partition coefficient (Wildman–Crippen LogP) is 3.06. The molecule has 0 bridgehead atoms. The van der Waals surface area contributed by atoms with Crippen molar-refractivity contribution in [1.29, 1.82) is 0 Å². The van der Waals surface area contributed by atoms with Crippen molar-refractivity contribution in [1.82, 2.24) is 5.32 Å². The minimum Gasteiger partial charge on any atom is -0.376 e. The molecular formula is C21H30N2O3. The Morgan fingerprint density at radius 2 is 1.92 bits per heavy atom. The van der Waals surface area contributed by atoms with E-state index in [4.69, 9.17) is 4.74 Å². The van der Waals surface area contributed by atoms with Crippen molar-refractivity contribution in [3.05, 3.63) is 29.8 Å². The molecule has 2 fully saturated rings.